The van der Waals surface area contributed by atoms with E-state index in [1.165, 1.54) is 0 Å². The van der Waals surface area contributed by atoms with E-state index in [4.69, 9.17) is 0 Å². The molecule has 0 heterocycles. The predicted molar refractivity (Wildman–Crippen MR) is 54.6 cm³/mol. The van der Waals surface area contributed by atoms with Crippen molar-refractivity contribution in [1.29, 1.82) is 0 Å². The summed E-state index contributed by atoms with van der Waals surface area (Å²) in [6.45, 7) is 3.84. The van der Waals surface area contributed by atoms with Crippen LogP contribution in [0.3, 0.4) is 0 Å². The molecule has 2 N–H and O–H groups in total. The molecular formula is C10H24F2O. The summed E-state index contributed by atoms with van der Waals surface area (Å²) in [5.74, 6) is 0. The van der Waals surface area contributed by atoms with Crippen LogP contribution in [0.2, 0.25) is 0 Å². The van der Waals surface area contributed by atoms with Crippen molar-refractivity contribution in [1.82, 2.24) is 0 Å². The number of hydrogen-bond acceptors (Lipinski definition) is 0. The SMILES string of the molecule is CCCCCF.CCCCCF.O. The molecule has 0 rings (SSSR count). The second-order valence-electron chi connectivity index (χ2n) is 2.79. The Kier molecular flexibility index (Phi) is 32.3. The third-order valence-electron chi connectivity index (χ3n) is 1.47. The summed E-state index contributed by atoms with van der Waals surface area (Å²) < 4.78 is 22.4. The van der Waals surface area contributed by atoms with Gasteiger partial charge in [0.25, 0.3) is 0 Å². The van der Waals surface area contributed by atoms with E-state index < -0.39 is 0 Å². The van der Waals surface area contributed by atoms with Gasteiger partial charge in [0.05, 0.1) is 13.3 Å². The Labute approximate surface area is 80.8 Å². The summed E-state index contributed by atoms with van der Waals surface area (Å²) in [6, 6.07) is 0. The van der Waals surface area contributed by atoms with Crippen molar-refractivity contribution in [3.05, 3.63) is 0 Å². The van der Waals surface area contributed by atoms with Gasteiger partial charge in [-0.3, -0.25) is 8.78 Å². The van der Waals surface area contributed by atoms with Crippen LogP contribution in [0.25, 0.3) is 0 Å². The first-order chi connectivity index (χ1) is 5.83. The highest BCUT2D eigenvalue weighted by molar-refractivity contribution is 4.31. The maximum Gasteiger partial charge on any atom is 0.0894 e. The van der Waals surface area contributed by atoms with Crippen LogP contribution in [0.5, 0.6) is 0 Å². The molecule has 0 aromatic heterocycles. The third kappa shape index (κ3) is 33.7. The Balaban J connectivity index is -0.000000143. The summed E-state index contributed by atoms with van der Waals surface area (Å²) in [6.07, 6.45) is 5.80. The largest absolute Gasteiger partial charge is 0.412 e. The standard InChI is InChI=1S/2C5H11F.H2O/c2*1-2-3-4-5-6;/h2*2-5H2,1H3;1H2. The highest BCUT2D eigenvalue weighted by Crippen LogP contribution is 1.92. The van der Waals surface area contributed by atoms with Gasteiger partial charge in [-0.05, 0) is 12.8 Å². The fraction of sp³-hybridized carbons (Fsp3) is 1.00. The van der Waals surface area contributed by atoms with E-state index in [0.717, 1.165) is 38.5 Å². The number of rotatable bonds is 6. The quantitative estimate of drug-likeness (QED) is 0.585. The second kappa shape index (κ2) is 22.6. The number of unbranched alkanes of at least 4 members (excludes halogenated alkanes) is 4. The molecule has 0 aliphatic rings. The molecule has 13 heavy (non-hydrogen) atoms. The summed E-state index contributed by atoms with van der Waals surface area (Å²) >= 11 is 0. The topological polar surface area (TPSA) is 31.5 Å². The number of hydrogen-bond donors (Lipinski definition) is 0. The molecule has 0 spiro atoms. The molecule has 84 valence electrons. The maximum absolute atomic E-state index is 11.2. The fourth-order valence-electron chi connectivity index (χ4n) is 0.689. The van der Waals surface area contributed by atoms with Gasteiger partial charge in [-0.15, -0.1) is 0 Å². The predicted octanol–water partition coefficient (Wildman–Crippen LogP) is 3.47. The van der Waals surface area contributed by atoms with Crippen molar-refractivity contribution in [2.45, 2.75) is 52.4 Å². The Hall–Kier alpha value is -0.180. The molecule has 0 bridgehead atoms. The van der Waals surface area contributed by atoms with Gasteiger partial charge in [-0.25, -0.2) is 0 Å². The molecule has 0 aromatic carbocycles. The highest BCUT2D eigenvalue weighted by atomic mass is 19.1. The lowest BCUT2D eigenvalue weighted by Gasteiger charge is -1.84. The van der Waals surface area contributed by atoms with Crippen LogP contribution in [0.4, 0.5) is 8.78 Å². The Bertz CT molecular complexity index is 44.9. The normalized spacial score (nSPS) is 8.31. The zero-order valence-corrected chi connectivity index (χ0v) is 8.91. The van der Waals surface area contributed by atoms with Gasteiger partial charge >= 0.3 is 0 Å². The maximum atomic E-state index is 11.2. The van der Waals surface area contributed by atoms with Crippen LogP contribution in [0.15, 0.2) is 0 Å². The average Bonchev–Trinajstić information content (AvgIpc) is 2.12. The van der Waals surface area contributed by atoms with Gasteiger partial charge in [0.1, 0.15) is 0 Å². The van der Waals surface area contributed by atoms with Crippen molar-refractivity contribution in [3.8, 4) is 0 Å². The van der Waals surface area contributed by atoms with E-state index in [0.29, 0.717) is 0 Å². The molecular weight excluding hydrogens is 174 g/mol. The van der Waals surface area contributed by atoms with Crippen molar-refractivity contribution in [2.24, 2.45) is 0 Å². The zero-order valence-electron chi connectivity index (χ0n) is 8.91. The smallest absolute Gasteiger partial charge is 0.0894 e. The van der Waals surface area contributed by atoms with Crippen LogP contribution in [-0.4, -0.2) is 18.8 Å². The van der Waals surface area contributed by atoms with Crippen molar-refractivity contribution in [3.63, 3.8) is 0 Å². The monoisotopic (exact) mass is 198 g/mol. The molecule has 0 saturated heterocycles. The van der Waals surface area contributed by atoms with Crippen LogP contribution in [0.1, 0.15) is 52.4 Å². The molecule has 0 fully saturated rings. The minimum atomic E-state index is -0.145. The fourth-order valence-corrected chi connectivity index (χ4v) is 0.689. The second-order valence-corrected chi connectivity index (χ2v) is 2.79. The van der Waals surface area contributed by atoms with Crippen LogP contribution in [-0.2, 0) is 0 Å². The van der Waals surface area contributed by atoms with Gasteiger partial charge < -0.3 is 5.48 Å². The van der Waals surface area contributed by atoms with Gasteiger partial charge in [-0.2, -0.15) is 0 Å². The van der Waals surface area contributed by atoms with Crippen LogP contribution < -0.4 is 0 Å². The molecule has 0 saturated carbocycles. The molecule has 3 heteroatoms. The van der Waals surface area contributed by atoms with Crippen molar-refractivity contribution < 1.29 is 14.3 Å². The summed E-state index contributed by atoms with van der Waals surface area (Å²) in [5.41, 5.74) is 0. The van der Waals surface area contributed by atoms with E-state index in [2.05, 4.69) is 13.8 Å². The lowest BCUT2D eigenvalue weighted by atomic mass is 10.3. The highest BCUT2D eigenvalue weighted by Gasteiger charge is 1.78. The van der Waals surface area contributed by atoms with Gasteiger partial charge in [0.2, 0.25) is 0 Å². The lowest BCUT2D eigenvalue weighted by Crippen LogP contribution is -1.72. The number of halogens is 2. The molecule has 1 nitrogen and oxygen atoms in total. The van der Waals surface area contributed by atoms with E-state index >= 15 is 0 Å². The zero-order chi connectivity index (χ0) is 9.66. The first kappa shape index (κ1) is 18.6. The molecule has 0 aromatic rings. The van der Waals surface area contributed by atoms with E-state index in [-0.39, 0.29) is 18.8 Å². The minimum Gasteiger partial charge on any atom is -0.412 e. The Morgan fingerprint density at radius 2 is 1.00 bits per heavy atom. The molecule has 0 amide bonds. The average molecular weight is 198 g/mol. The Morgan fingerprint density at radius 1 is 0.692 bits per heavy atom. The van der Waals surface area contributed by atoms with Crippen LogP contribution in [0, 0.1) is 0 Å². The minimum absolute atomic E-state index is 0. The van der Waals surface area contributed by atoms with E-state index in [1.807, 2.05) is 0 Å². The molecule has 0 aliphatic carbocycles. The van der Waals surface area contributed by atoms with Crippen LogP contribution >= 0.6 is 0 Å². The first-order valence-corrected chi connectivity index (χ1v) is 4.95. The summed E-state index contributed by atoms with van der Waals surface area (Å²) in [5, 5.41) is 0. The van der Waals surface area contributed by atoms with Gasteiger partial charge in [-0.1, -0.05) is 39.5 Å². The molecule has 0 atom stereocenters. The Morgan fingerprint density at radius 3 is 1.08 bits per heavy atom. The van der Waals surface area contributed by atoms with E-state index in [9.17, 15) is 8.78 Å². The summed E-state index contributed by atoms with van der Waals surface area (Å²) in [4.78, 5) is 0. The van der Waals surface area contributed by atoms with Gasteiger partial charge in [0, 0.05) is 0 Å². The third-order valence-corrected chi connectivity index (χ3v) is 1.47. The molecule has 0 unspecified atom stereocenters. The van der Waals surface area contributed by atoms with E-state index in [1.54, 1.807) is 0 Å². The van der Waals surface area contributed by atoms with Crippen molar-refractivity contribution in [2.75, 3.05) is 13.3 Å². The van der Waals surface area contributed by atoms with Crippen molar-refractivity contribution >= 4 is 0 Å². The molecule has 0 radical (unpaired) electrons. The summed E-state index contributed by atoms with van der Waals surface area (Å²) in [7, 11) is 0. The molecule has 0 aliphatic heterocycles. The van der Waals surface area contributed by atoms with Gasteiger partial charge in [0.15, 0.2) is 0 Å². The lowest BCUT2D eigenvalue weighted by molar-refractivity contribution is 0.460. The first-order valence-electron chi connectivity index (χ1n) is 4.95. The number of alkyl halides is 2.